The van der Waals surface area contributed by atoms with E-state index in [9.17, 15) is 0 Å². The molecular formula is C10H13ClN2. The summed E-state index contributed by atoms with van der Waals surface area (Å²) in [6.45, 7) is 1.03. The fourth-order valence-electron chi connectivity index (χ4n) is 1.47. The molecule has 0 atom stereocenters. The van der Waals surface area contributed by atoms with Crippen LogP contribution >= 0.6 is 11.6 Å². The van der Waals surface area contributed by atoms with E-state index in [1.807, 2.05) is 12.1 Å². The molecule has 1 fully saturated rings. The van der Waals surface area contributed by atoms with Gasteiger partial charge in [-0.1, -0.05) is 18.0 Å². The molecule has 0 bridgehead atoms. The minimum Gasteiger partial charge on any atom is -0.382 e. The van der Waals surface area contributed by atoms with Crippen molar-refractivity contribution in [2.24, 2.45) is 5.92 Å². The number of nitrogens with zero attached hydrogens (tertiary/aromatic N) is 1. The van der Waals surface area contributed by atoms with Gasteiger partial charge >= 0.3 is 0 Å². The predicted octanol–water partition coefficient (Wildman–Crippen LogP) is 2.95. The van der Waals surface area contributed by atoms with E-state index in [1.165, 1.54) is 19.3 Å². The van der Waals surface area contributed by atoms with Crippen LogP contribution in [0.15, 0.2) is 18.3 Å². The molecule has 1 aliphatic carbocycles. The molecule has 0 saturated heterocycles. The lowest BCUT2D eigenvalue weighted by atomic mass is 9.85. The first-order valence-electron chi connectivity index (χ1n) is 4.70. The van der Waals surface area contributed by atoms with E-state index in [0.29, 0.717) is 5.15 Å². The van der Waals surface area contributed by atoms with Crippen LogP contribution in [-0.2, 0) is 0 Å². The van der Waals surface area contributed by atoms with Crippen molar-refractivity contribution >= 4 is 17.3 Å². The van der Waals surface area contributed by atoms with Crippen molar-refractivity contribution in [1.29, 1.82) is 0 Å². The smallest absolute Gasteiger partial charge is 0.152 e. The molecule has 0 spiro atoms. The van der Waals surface area contributed by atoms with Crippen LogP contribution in [0.25, 0.3) is 0 Å². The van der Waals surface area contributed by atoms with E-state index in [-0.39, 0.29) is 0 Å². The summed E-state index contributed by atoms with van der Waals surface area (Å²) < 4.78 is 0. The van der Waals surface area contributed by atoms with Gasteiger partial charge in [0.25, 0.3) is 0 Å². The van der Waals surface area contributed by atoms with Crippen LogP contribution in [0.5, 0.6) is 0 Å². The maximum Gasteiger partial charge on any atom is 0.152 e. The largest absolute Gasteiger partial charge is 0.382 e. The minimum absolute atomic E-state index is 0.571. The first-order valence-corrected chi connectivity index (χ1v) is 5.08. The summed E-state index contributed by atoms with van der Waals surface area (Å²) in [5, 5.41) is 3.89. The summed E-state index contributed by atoms with van der Waals surface area (Å²) in [4.78, 5) is 4.00. The molecule has 70 valence electrons. The van der Waals surface area contributed by atoms with E-state index in [4.69, 9.17) is 11.6 Å². The Bertz CT molecular complexity index is 284. The second kappa shape index (κ2) is 3.97. The summed E-state index contributed by atoms with van der Waals surface area (Å²) in [5.74, 6) is 0.844. The number of rotatable bonds is 3. The van der Waals surface area contributed by atoms with Gasteiger partial charge in [-0.05, 0) is 30.9 Å². The highest BCUT2D eigenvalue weighted by Crippen LogP contribution is 2.27. The summed E-state index contributed by atoms with van der Waals surface area (Å²) in [5.41, 5.74) is 0.955. The van der Waals surface area contributed by atoms with Crippen LogP contribution in [-0.4, -0.2) is 11.5 Å². The fourth-order valence-corrected chi connectivity index (χ4v) is 1.66. The molecule has 0 amide bonds. The van der Waals surface area contributed by atoms with Gasteiger partial charge in [-0.15, -0.1) is 0 Å². The molecule has 1 aromatic heterocycles. The SMILES string of the molecule is Clc1ncccc1NCC1CCC1. The van der Waals surface area contributed by atoms with Crippen LogP contribution in [0.4, 0.5) is 5.69 Å². The van der Waals surface area contributed by atoms with Gasteiger partial charge in [-0.2, -0.15) is 0 Å². The first-order chi connectivity index (χ1) is 6.36. The fraction of sp³-hybridized carbons (Fsp3) is 0.500. The van der Waals surface area contributed by atoms with Crippen molar-refractivity contribution in [3.8, 4) is 0 Å². The molecule has 1 saturated carbocycles. The maximum atomic E-state index is 5.90. The molecular weight excluding hydrogens is 184 g/mol. The summed E-state index contributed by atoms with van der Waals surface area (Å²) in [6.07, 6.45) is 5.79. The molecule has 1 N–H and O–H groups in total. The second-order valence-electron chi connectivity index (χ2n) is 3.52. The Morgan fingerprint density at radius 2 is 2.38 bits per heavy atom. The topological polar surface area (TPSA) is 24.9 Å². The predicted molar refractivity (Wildman–Crippen MR) is 55.1 cm³/mol. The van der Waals surface area contributed by atoms with Crippen LogP contribution in [0.1, 0.15) is 19.3 Å². The third-order valence-electron chi connectivity index (χ3n) is 2.57. The Hall–Kier alpha value is -0.760. The van der Waals surface area contributed by atoms with Gasteiger partial charge in [0.05, 0.1) is 5.69 Å². The number of nitrogens with one attached hydrogen (secondary N) is 1. The summed E-state index contributed by atoms with van der Waals surface area (Å²) in [6, 6.07) is 3.86. The third-order valence-corrected chi connectivity index (χ3v) is 2.87. The average molecular weight is 197 g/mol. The van der Waals surface area contributed by atoms with E-state index in [2.05, 4.69) is 10.3 Å². The zero-order chi connectivity index (χ0) is 9.10. The Kier molecular flexibility index (Phi) is 2.69. The zero-order valence-corrected chi connectivity index (χ0v) is 8.22. The van der Waals surface area contributed by atoms with Crippen molar-refractivity contribution in [3.05, 3.63) is 23.5 Å². The minimum atomic E-state index is 0.571. The van der Waals surface area contributed by atoms with Gasteiger partial charge in [0.15, 0.2) is 5.15 Å². The molecule has 0 aromatic carbocycles. The Labute approximate surface area is 83.3 Å². The quantitative estimate of drug-likeness (QED) is 0.752. The number of anilines is 1. The van der Waals surface area contributed by atoms with Crippen LogP contribution in [0.2, 0.25) is 5.15 Å². The van der Waals surface area contributed by atoms with Crippen LogP contribution in [0.3, 0.4) is 0 Å². The molecule has 0 aliphatic heterocycles. The standard InChI is InChI=1S/C10H13ClN2/c11-10-9(5-2-6-12-10)13-7-8-3-1-4-8/h2,5-6,8,13H,1,3-4,7H2. The highest BCUT2D eigenvalue weighted by Gasteiger charge is 2.16. The van der Waals surface area contributed by atoms with E-state index < -0.39 is 0 Å². The molecule has 2 rings (SSSR count). The monoisotopic (exact) mass is 196 g/mol. The van der Waals surface area contributed by atoms with Crippen molar-refractivity contribution in [2.75, 3.05) is 11.9 Å². The molecule has 2 nitrogen and oxygen atoms in total. The van der Waals surface area contributed by atoms with E-state index in [0.717, 1.165) is 18.2 Å². The van der Waals surface area contributed by atoms with Crippen molar-refractivity contribution in [1.82, 2.24) is 4.98 Å². The normalized spacial score (nSPS) is 16.7. The van der Waals surface area contributed by atoms with Crippen LogP contribution < -0.4 is 5.32 Å². The van der Waals surface area contributed by atoms with Gasteiger partial charge in [0, 0.05) is 12.7 Å². The molecule has 1 aromatic rings. The molecule has 0 unspecified atom stereocenters. The number of pyridine rings is 1. The lowest BCUT2D eigenvalue weighted by Crippen LogP contribution is -2.21. The number of aromatic nitrogens is 1. The Morgan fingerprint density at radius 3 is 3.00 bits per heavy atom. The lowest BCUT2D eigenvalue weighted by Gasteiger charge is -2.25. The lowest BCUT2D eigenvalue weighted by molar-refractivity contribution is 0.333. The maximum absolute atomic E-state index is 5.90. The van der Waals surface area contributed by atoms with Gasteiger partial charge < -0.3 is 5.32 Å². The Morgan fingerprint density at radius 1 is 1.54 bits per heavy atom. The van der Waals surface area contributed by atoms with Gasteiger partial charge in [0.1, 0.15) is 0 Å². The molecule has 13 heavy (non-hydrogen) atoms. The number of hydrogen-bond donors (Lipinski definition) is 1. The second-order valence-corrected chi connectivity index (χ2v) is 3.88. The number of halogens is 1. The average Bonchev–Trinajstić information content (AvgIpc) is 2.05. The van der Waals surface area contributed by atoms with Gasteiger partial charge in [0.2, 0.25) is 0 Å². The van der Waals surface area contributed by atoms with Crippen molar-refractivity contribution in [2.45, 2.75) is 19.3 Å². The van der Waals surface area contributed by atoms with Crippen LogP contribution in [0, 0.1) is 5.92 Å². The molecule has 0 radical (unpaired) electrons. The van der Waals surface area contributed by atoms with Gasteiger partial charge in [-0.25, -0.2) is 4.98 Å². The summed E-state index contributed by atoms with van der Waals surface area (Å²) in [7, 11) is 0. The highest BCUT2D eigenvalue weighted by atomic mass is 35.5. The third kappa shape index (κ3) is 2.13. The van der Waals surface area contributed by atoms with E-state index >= 15 is 0 Å². The molecule has 1 heterocycles. The highest BCUT2D eigenvalue weighted by molar-refractivity contribution is 6.31. The molecule has 1 aliphatic rings. The first kappa shape index (κ1) is 8.82. The van der Waals surface area contributed by atoms with Crippen molar-refractivity contribution in [3.63, 3.8) is 0 Å². The van der Waals surface area contributed by atoms with Crippen molar-refractivity contribution < 1.29 is 0 Å². The number of hydrogen-bond acceptors (Lipinski definition) is 2. The zero-order valence-electron chi connectivity index (χ0n) is 7.46. The summed E-state index contributed by atoms with van der Waals surface area (Å²) >= 11 is 5.90. The molecule has 3 heteroatoms. The van der Waals surface area contributed by atoms with E-state index in [1.54, 1.807) is 6.20 Å². The van der Waals surface area contributed by atoms with Gasteiger partial charge in [-0.3, -0.25) is 0 Å². The Balaban J connectivity index is 1.89.